The Bertz CT molecular complexity index is 770. The molecule has 3 aliphatic rings. The van der Waals surface area contributed by atoms with Crippen LogP contribution >= 0.6 is 0 Å². The summed E-state index contributed by atoms with van der Waals surface area (Å²) in [6.45, 7) is 11.0. The molecule has 3 atom stereocenters. The van der Waals surface area contributed by atoms with Crippen LogP contribution in [0, 0.1) is 12.3 Å². The highest BCUT2D eigenvalue weighted by Crippen LogP contribution is 2.53. The van der Waals surface area contributed by atoms with Crippen LogP contribution in [0.4, 0.5) is 0 Å². The molecule has 1 spiro atoms. The zero-order chi connectivity index (χ0) is 22.6. The van der Waals surface area contributed by atoms with E-state index in [0.717, 1.165) is 43.7 Å². The van der Waals surface area contributed by atoms with Crippen molar-refractivity contribution in [3.63, 3.8) is 0 Å². The van der Waals surface area contributed by atoms with Crippen LogP contribution in [0.5, 0.6) is 0 Å². The fourth-order valence-corrected chi connectivity index (χ4v) is 6.08. The molecule has 8 nitrogen and oxygen atoms in total. The first-order chi connectivity index (χ1) is 15.6. The number of aryl methyl sites for hydroxylation is 1. The van der Waals surface area contributed by atoms with Crippen LogP contribution in [-0.2, 0) is 18.3 Å². The molecule has 8 heteroatoms. The number of nitrogens with one attached hydrogen (secondary N) is 2. The first-order valence-electron chi connectivity index (χ1n) is 12.8. The second-order valence-electron chi connectivity index (χ2n) is 9.86. The smallest absolute Gasteiger partial charge is 0.192 e. The molecule has 1 aliphatic heterocycles. The van der Waals surface area contributed by atoms with Crippen molar-refractivity contribution in [1.29, 1.82) is 0 Å². The van der Waals surface area contributed by atoms with E-state index in [-0.39, 0.29) is 5.41 Å². The number of aromatic nitrogens is 3. The van der Waals surface area contributed by atoms with Crippen molar-refractivity contribution in [3.8, 4) is 0 Å². The number of ether oxygens (including phenoxy) is 1. The van der Waals surface area contributed by atoms with Gasteiger partial charge in [-0.05, 0) is 59.0 Å². The minimum atomic E-state index is 0.265. The third-order valence-corrected chi connectivity index (χ3v) is 8.22. The highest BCUT2D eigenvalue weighted by atomic mass is 16.5. The molecule has 4 rings (SSSR count). The number of likely N-dealkylation sites (N-methyl/N-ethyl adjacent to an activating group) is 1. The lowest BCUT2D eigenvalue weighted by Crippen LogP contribution is -2.66. The van der Waals surface area contributed by atoms with Gasteiger partial charge in [-0.2, -0.15) is 0 Å². The highest BCUT2D eigenvalue weighted by Gasteiger charge is 2.55. The molecule has 0 radical (unpaired) electrons. The van der Waals surface area contributed by atoms with E-state index in [2.05, 4.69) is 39.6 Å². The van der Waals surface area contributed by atoms with Gasteiger partial charge in [0.1, 0.15) is 12.4 Å². The van der Waals surface area contributed by atoms with Gasteiger partial charge < -0.3 is 19.9 Å². The monoisotopic (exact) mass is 445 g/mol. The number of guanidine groups is 1. The van der Waals surface area contributed by atoms with Gasteiger partial charge in [-0.15, -0.1) is 10.2 Å². The molecule has 0 amide bonds. The highest BCUT2D eigenvalue weighted by molar-refractivity contribution is 5.80. The van der Waals surface area contributed by atoms with Crippen molar-refractivity contribution in [1.82, 2.24) is 30.3 Å². The molecule has 2 aliphatic carbocycles. The Balaban J connectivity index is 1.46. The minimum absolute atomic E-state index is 0.265. The van der Waals surface area contributed by atoms with Crippen LogP contribution in [0.2, 0.25) is 0 Å². The van der Waals surface area contributed by atoms with Crippen LogP contribution in [-0.4, -0.2) is 70.1 Å². The molecule has 1 saturated heterocycles. The van der Waals surface area contributed by atoms with Crippen LogP contribution in [0.25, 0.3) is 0 Å². The summed E-state index contributed by atoms with van der Waals surface area (Å²) in [4.78, 5) is 7.54. The number of rotatable bonds is 8. The van der Waals surface area contributed by atoms with Crippen molar-refractivity contribution in [2.75, 3.05) is 26.2 Å². The van der Waals surface area contributed by atoms with Gasteiger partial charge in [0.15, 0.2) is 11.8 Å². The van der Waals surface area contributed by atoms with Crippen LogP contribution in [0.1, 0.15) is 76.9 Å². The topological polar surface area (TPSA) is 79.6 Å². The predicted octanol–water partition coefficient (Wildman–Crippen LogP) is 2.77. The summed E-state index contributed by atoms with van der Waals surface area (Å²) >= 11 is 0. The maximum Gasteiger partial charge on any atom is 0.192 e. The fourth-order valence-electron chi connectivity index (χ4n) is 6.08. The third-order valence-electron chi connectivity index (χ3n) is 8.22. The Morgan fingerprint density at radius 2 is 2.00 bits per heavy atom. The normalized spacial score (nSPS) is 28.1. The Kier molecular flexibility index (Phi) is 7.71. The number of likely N-dealkylation sites (tertiary alicyclic amines) is 1. The lowest BCUT2D eigenvalue weighted by molar-refractivity contribution is -0.145. The SMILES string of the molecule is CCOC1CC(NC(=NCc2nnc(C)n2C)NCC2CCCN2CC)C12CCCCC2. The van der Waals surface area contributed by atoms with Crippen molar-refractivity contribution < 1.29 is 4.74 Å². The van der Waals surface area contributed by atoms with Gasteiger partial charge in [-0.3, -0.25) is 4.90 Å². The first-order valence-corrected chi connectivity index (χ1v) is 12.8. The van der Waals surface area contributed by atoms with E-state index in [1.807, 2.05) is 18.5 Å². The summed E-state index contributed by atoms with van der Waals surface area (Å²) in [6.07, 6.45) is 10.5. The molecule has 3 unspecified atom stereocenters. The van der Waals surface area contributed by atoms with Gasteiger partial charge in [0, 0.05) is 37.7 Å². The average molecular weight is 446 g/mol. The predicted molar refractivity (Wildman–Crippen MR) is 128 cm³/mol. The fraction of sp³-hybridized carbons (Fsp3) is 0.875. The first kappa shape index (κ1) is 23.5. The van der Waals surface area contributed by atoms with E-state index in [0.29, 0.717) is 24.7 Å². The van der Waals surface area contributed by atoms with E-state index in [4.69, 9.17) is 9.73 Å². The standard InChI is InChI=1S/C24H43N7O/c1-5-31-14-10-11-19(31)16-25-23(26-17-22-29-28-18(3)30(22)4)27-20-15-21(32-6-2)24(20)12-8-7-9-13-24/h19-21H,5-17H2,1-4H3,(H2,25,26,27). The molecule has 1 aromatic heterocycles. The molecule has 0 bridgehead atoms. The van der Waals surface area contributed by atoms with Gasteiger partial charge in [0.05, 0.1) is 6.10 Å². The number of hydrogen-bond donors (Lipinski definition) is 2. The molecular weight excluding hydrogens is 402 g/mol. The van der Waals surface area contributed by atoms with Crippen molar-refractivity contribution in [2.45, 2.75) is 96.9 Å². The molecule has 1 aromatic rings. The van der Waals surface area contributed by atoms with Crippen molar-refractivity contribution in [2.24, 2.45) is 17.5 Å². The van der Waals surface area contributed by atoms with Gasteiger partial charge in [-0.1, -0.05) is 26.2 Å². The van der Waals surface area contributed by atoms with E-state index in [1.165, 1.54) is 51.5 Å². The Morgan fingerprint density at radius 1 is 1.19 bits per heavy atom. The van der Waals surface area contributed by atoms with Gasteiger partial charge in [0.2, 0.25) is 0 Å². The van der Waals surface area contributed by atoms with Gasteiger partial charge >= 0.3 is 0 Å². The summed E-state index contributed by atoms with van der Waals surface area (Å²) in [7, 11) is 2.01. The van der Waals surface area contributed by atoms with Crippen LogP contribution in [0.3, 0.4) is 0 Å². The van der Waals surface area contributed by atoms with E-state index in [1.54, 1.807) is 0 Å². The largest absolute Gasteiger partial charge is 0.378 e. The molecule has 180 valence electrons. The van der Waals surface area contributed by atoms with Gasteiger partial charge in [0.25, 0.3) is 0 Å². The Labute approximate surface area is 193 Å². The van der Waals surface area contributed by atoms with Crippen molar-refractivity contribution >= 4 is 5.96 Å². The molecule has 32 heavy (non-hydrogen) atoms. The average Bonchev–Trinajstić information content (AvgIpc) is 3.41. The molecule has 2 heterocycles. The molecular formula is C24H43N7O. The summed E-state index contributed by atoms with van der Waals surface area (Å²) in [5.74, 6) is 2.73. The molecule has 0 aromatic carbocycles. The van der Waals surface area contributed by atoms with Crippen LogP contribution in [0.15, 0.2) is 4.99 Å². The van der Waals surface area contributed by atoms with Gasteiger partial charge in [-0.25, -0.2) is 4.99 Å². The second kappa shape index (κ2) is 10.5. The lowest BCUT2D eigenvalue weighted by Gasteiger charge is -2.58. The van der Waals surface area contributed by atoms with E-state index in [9.17, 15) is 0 Å². The summed E-state index contributed by atoms with van der Waals surface area (Å²) in [6, 6.07) is 1.02. The third kappa shape index (κ3) is 4.81. The van der Waals surface area contributed by atoms with Crippen molar-refractivity contribution in [3.05, 3.63) is 11.6 Å². The molecule has 2 N–H and O–H groups in total. The quantitative estimate of drug-likeness (QED) is 0.473. The molecule has 2 saturated carbocycles. The molecule has 3 fully saturated rings. The number of nitrogens with zero attached hydrogens (tertiary/aromatic N) is 5. The Hall–Kier alpha value is -1.67. The minimum Gasteiger partial charge on any atom is -0.378 e. The maximum atomic E-state index is 6.17. The van der Waals surface area contributed by atoms with E-state index >= 15 is 0 Å². The maximum absolute atomic E-state index is 6.17. The zero-order valence-electron chi connectivity index (χ0n) is 20.6. The summed E-state index contributed by atoms with van der Waals surface area (Å²) in [5, 5.41) is 16.0. The number of hydrogen-bond acceptors (Lipinski definition) is 5. The number of aliphatic imine (C=N–C) groups is 1. The summed E-state index contributed by atoms with van der Waals surface area (Å²) < 4.78 is 8.19. The zero-order valence-corrected chi connectivity index (χ0v) is 20.6. The van der Waals surface area contributed by atoms with E-state index < -0.39 is 0 Å². The summed E-state index contributed by atoms with van der Waals surface area (Å²) in [5.41, 5.74) is 0.265. The Morgan fingerprint density at radius 3 is 2.69 bits per heavy atom. The second-order valence-corrected chi connectivity index (χ2v) is 9.86. The lowest BCUT2D eigenvalue weighted by atomic mass is 9.55. The van der Waals surface area contributed by atoms with Crippen LogP contribution < -0.4 is 10.6 Å².